The van der Waals surface area contributed by atoms with E-state index in [1.54, 1.807) is 30.3 Å². The summed E-state index contributed by atoms with van der Waals surface area (Å²) < 4.78 is 6.53. The average Bonchev–Trinajstić information content (AvgIpc) is 3.47. The smallest absolute Gasteiger partial charge is 0.271 e. The van der Waals surface area contributed by atoms with E-state index in [0.717, 1.165) is 32.1 Å². The summed E-state index contributed by atoms with van der Waals surface area (Å²) in [4.78, 5) is 29.7. The van der Waals surface area contributed by atoms with Crippen LogP contribution in [0.25, 0.3) is 11.3 Å². The zero-order chi connectivity index (χ0) is 30.2. The Bertz CT molecular complexity index is 1760. The lowest BCUT2D eigenvalue weighted by Gasteiger charge is -2.10. The van der Waals surface area contributed by atoms with Gasteiger partial charge in [-0.15, -0.1) is 11.3 Å². The highest BCUT2D eigenvalue weighted by atomic mass is 79.9. The summed E-state index contributed by atoms with van der Waals surface area (Å²) in [6.45, 7) is 1.79. The molecule has 5 aromatic rings. The third kappa shape index (κ3) is 8.51. The third-order valence-corrected chi connectivity index (χ3v) is 7.58. The second-order valence-electron chi connectivity index (χ2n) is 9.33. The van der Waals surface area contributed by atoms with Crippen molar-refractivity contribution < 1.29 is 14.3 Å². The van der Waals surface area contributed by atoms with Crippen LogP contribution in [0.4, 0.5) is 16.5 Å². The number of nitrogens with one attached hydrogen (secondary N) is 3. The lowest BCUT2D eigenvalue weighted by atomic mass is 10.1. The van der Waals surface area contributed by atoms with Crippen molar-refractivity contribution in [1.82, 2.24) is 10.4 Å². The topological polar surface area (TPSA) is 105 Å². The fourth-order valence-electron chi connectivity index (χ4n) is 3.87. The number of anilines is 3. The molecule has 0 fully saturated rings. The zero-order valence-corrected chi connectivity index (χ0v) is 26.0. The number of halogens is 2. The second-order valence-corrected chi connectivity index (χ2v) is 11.5. The Labute approximate surface area is 265 Å². The van der Waals surface area contributed by atoms with E-state index in [1.807, 2.05) is 73.0 Å². The van der Waals surface area contributed by atoms with E-state index >= 15 is 0 Å². The highest BCUT2D eigenvalue weighted by Gasteiger charge is 2.10. The van der Waals surface area contributed by atoms with Crippen molar-refractivity contribution in [2.75, 3.05) is 17.2 Å². The maximum Gasteiger partial charge on any atom is 0.271 e. The average molecular weight is 675 g/mol. The molecule has 0 aliphatic carbocycles. The lowest BCUT2D eigenvalue weighted by Crippen LogP contribution is -2.20. The van der Waals surface area contributed by atoms with E-state index in [4.69, 9.17) is 16.3 Å². The van der Waals surface area contributed by atoms with Crippen molar-refractivity contribution in [3.63, 3.8) is 0 Å². The largest absolute Gasteiger partial charge is 0.483 e. The van der Waals surface area contributed by atoms with Crippen LogP contribution in [-0.4, -0.2) is 29.6 Å². The monoisotopic (exact) mass is 673 g/mol. The number of nitrogens with zero attached hydrogens (tertiary/aromatic N) is 2. The van der Waals surface area contributed by atoms with Crippen molar-refractivity contribution in [2.45, 2.75) is 6.92 Å². The molecule has 43 heavy (non-hydrogen) atoms. The normalized spacial score (nSPS) is 10.9. The first-order valence-electron chi connectivity index (χ1n) is 13.0. The van der Waals surface area contributed by atoms with Crippen LogP contribution in [-0.2, 0) is 4.79 Å². The van der Waals surface area contributed by atoms with Gasteiger partial charge in [0, 0.05) is 42.9 Å². The number of carbonyl (C=O) groups is 2. The molecule has 0 saturated carbocycles. The molecule has 0 atom stereocenters. The molecule has 0 saturated heterocycles. The van der Waals surface area contributed by atoms with Crippen molar-refractivity contribution in [2.24, 2.45) is 5.10 Å². The highest BCUT2D eigenvalue weighted by molar-refractivity contribution is 9.10. The fraction of sp³-hybridized carbons (Fsp3) is 0.0625. The number of hydrogen-bond acceptors (Lipinski definition) is 7. The maximum atomic E-state index is 12.7. The van der Waals surface area contributed by atoms with Crippen LogP contribution in [0.3, 0.4) is 0 Å². The van der Waals surface area contributed by atoms with Gasteiger partial charge in [-0.1, -0.05) is 57.4 Å². The second kappa shape index (κ2) is 14.1. The maximum absolute atomic E-state index is 12.7. The third-order valence-electron chi connectivity index (χ3n) is 6.08. The first-order valence-corrected chi connectivity index (χ1v) is 15.1. The summed E-state index contributed by atoms with van der Waals surface area (Å²) in [7, 11) is 0. The van der Waals surface area contributed by atoms with E-state index in [1.165, 1.54) is 17.6 Å². The van der Waals surface area contributed by atoms with Crippen LogP contribution >= 0.6 is 38.9 Å². The Balaban J connectivity index is 1.16. The Morgan fingerprint density at radius 1 is 0.977 bits per heavy atom. The minimum atomic E-state index is -0.374. The molecule has 0 spiro atoms. The molecule has 5 rings (SSSR count). The summed E-state index contributed by atoms with van der Waals surface area (Å²) in [5.41, 5.74) is 7.91. The zero-order valence-electron chi connectivity index (χ0n) is 22.8. The van der Waals surface area contributed by atoms with E-state index in [2.05, 4.69) is 42.1 Å². The van der Waals surface area contributed by atoms with Gasteiger partial charge in [0.2, 0.25) is 0 Å². The van der Waals surface area contributed by atoms with Crippen molar-refractivity contribution >= 4 is 73.4 Å². The number of hydrogen-bond donors (Lipinski definition) is 3. The summed E-state index contributed by atoms with van der Waals surface area (Å²) in [6, 6.07) is 27.3. The highest BCUT2D eigenvalue weighted by Crippen LogP contribution is 2.28. The Hall–Kier alpha value is -4.51. The number of ether oxygens (including phenoxy) is 1. The molecule has 1 heterocycles. The molecule has 0 aliphatic heterocycles. The van der Waals surface area contributed by atoms with Gasteiger partial charge in [-0.05, 0) is 73.7 Å². The molecule has 1 aromatic heterocycles. The molecule has 3 N–H and O–H groups in total. The number of aromatic nitrogens is 1. The van der Waals surface area contributed by atoms with Gasteiger partial charge in [0.05, 0.1) is 11.9 Å². The number of carbonyl (C=O) groups excluding carboxylic acids is 2. The van der Waals surface area contributed by atoms with Crippen molar-refractivity contribution in [3.05, 3.63) is 123 Å². The van der Waals surface area contributed by atoms with Gasteiger partial charge < -0.3 is 15.4 Å². The molecule has 11 heteroatoms. The molecule has 4 aromatic carbocycles. The number of aryl methyl sites for hydroxylation is 1. The Morgan fingerprint density at radius 3 is 2.44 bits per heavy atom. The standard InChI is InChI=1S/C32H25BrClN5O3S/c1-20-2-11-26(12-3-20)36-30(40)18-42-29-15-8-24(33)16-23(29)17-35-39-31(41)22-6-4-21(5-7-22)28-19-43-32(38-28)37-27-13-9-25(34)10-14-27/h2-17,19H,18H2,1H3,(H,36,40)(H,37,38)(H,39,41)/b35-17-. The minimum Gasteiger partial charge on any atom is -0.483 e. The molecule has 216 valence electrons. The SMILES string of the molecule is Cc1ccc(NC(=O)COc2ccc(Br)cc2/C=N\NC(=O)c2ccc(-c3csc(Nc4ccc(Cl)cc4)n3)cc2)cc1. The van der Waals surface area contributed by atoms with Crippen LogP contribution in [0.2, 0.25) is 5.02 Å². The summed E-state index contributed by atoms with van der Waals surface area (Å²) in [6.07, 6.45) is 1.47. The van der Waals surface area contributed by atoms with Gasteiger partial charge in [0.25, 0.3) is 11.8 Å². The number of hydrazone groups is 1. The minimum absolute atomic E-state index is 0.188. The van der Waals surface area contributed by atoms with Crippen molar-refractivity contribution in [3.8, 4) is 17.0 Å². The van der Waals surface area contributed by atoms with E-state index < -0.39 is 0 Å². The molecule has 8 nitrogen and oxygen atoms in total. The number of benzene rings is 4. The van der Waals surface area contributed by atoms with Gasteiger partial charge in [-0.25, -0.2) is 10.4 Å². The summed E-state index contributed by atoms with van der Waals surface area (Å²) >= 11 is 10.9. The first-order chi connectivity index (χ1) is 20.8. The quantitative estimate of drug-likeness (QED) is 0.103. The molecular weight excluding hydrogens is 650 g/mol. The molecule has 2 amide bonds. The summed E-state index contributed by atoms with van der Waals surface area (Å²) in [5, 5.41) is 13.5. The van der Waals surface area contributed by atoms with Crippen LogP contribution in [0.1, 0.15) is 21.5 Å². The van der Waals surface area contributed by atoms with E-state index in [-0.39, 0.29) is 18.4 Å². The Morgan fingerprint density at radius 2 is 1.70 bits per heavy atom. The van der Waals surface area contributed by atoms with Gasteiger partial charge in [0.1, 0.15) is 5.75 Å². The fourth-order valence-corrected chi connectivity index (χ4v) is 5.11. The van der Waals surface area contributed by atoms with Crippen LogP contribution in [0.15, 0.2) is 106 Å². The number of amides is 2. The van der Waals surface area contributed by atoms with Crippen molar-refractivity contribution in [1.29, 1.82) is 0 Å². The molecule has 0 bridgehead atoms. The van der Waals surface area contributed by atoms with Crippen LogP contribution < -0.4 is 20.8 Å². The molecular formula is C32H25BrClN5O3S. The van der Waals surface area contributed by atoms with Gasteiger partial charge in [0.15, 0.2) is 11.7 Å². The van der Waals surface area contributed by atoms with Gasteiger partial charge in [-0.2, -0.15) is 5.10 Å². The van der Waals surface area contributed by atoms with Gasteiger partial charge in [-0.3, -0.25) is 9.59 Å². The number of thiazole rings is 1. The molecule has 0 radical (unpaired) electrons. The molecule has 0 unspecified atom stereocenters. The van der Waals surface area contributed by atoms with Gasteiger partial charge >= 0.3 is 0 Å². The summed E-state index contributed by atoms with van der Waals surface area (Å²) in [5.74, 6) is -0.225. The predicted octanol–water partition coefficient (Wildman–Crippen LogP) is 8.06. The Kier molecular flexibility index (Phi) is 9.83. The van der Waals surface area contributed by atoms with Crippen LogP contribution in [0.5, 0.6) is 5.75 Å². The van der Waals surface area contributed by atoms with Crippen LogP contribution in [0, 0.1) is 6.92 Å². The first kappa shape index (κ1) is 30.0. The predicted molar refractivity (Wildman–Crippen MR) is 177 cm³/mol. The van der Waals surface area contributed by atoms with E-state index in [0.29, 0.717) is 27.6 Å². The molecule has 0 aliphatic rings. The number of rotatable bonds is 10. The van der Waals surface area contributed by atoms with E-state index in [9.17, 15) is 9.59 Å². The lowest BCUT2D eigenvalue weighted by molar-refractivity contribution is -0.118.